The quantitative estimate of drug-likeness (QED) is 0.390. The van der Waals surface area contributed by atoms with Gasteiger partial charge in [0.15, 0.2) is 0 Å². The number of carbonyl (C=O) groups excluding carboxylic acids is 3. The summed E-state index contributed by atoms with van der Waals surface area (Å²) in [5, 5.41) is 4.18. The van der Waals surface area contributed by atoms with Gasteiger partial charge < -0.3 is 15.1 Å². The molecule has 224 valence electrons. The first-order valence-corrected chi connectivity index (χ1v) is 16.5. The van der Waals surface area contributed by atoms with Crippen LogP contribution in [0.4, 0.5) is 0 Å². The molecule has 0 radical (unpaired) electrons. The van der Waals surface area contributed by atoms with E-state index < -0.39 is 39.0 Å². The van der Waals surface area contributed by atoms with Crippen LogP contribution in [0.2, 0.25) is 10.0 Å². The van der Waals surface area contributed by atoms with Gasteiger partial charge in [0.1, 0.15) is 10.9 Å². The van der Waals surface area contributed by atoms with Gasteiger partial charge in [-0.3, -0.25) is 14.4 Å². The van der Waals surface area contributed by atoms with E-state index in [0.29, 0.717) is 9.90 Å². The second-order valence-electron chi connectivity index (χ2n) is 12.1. The summed E-state index contributed by atoms with van der Waals surface area (Å²) in [7, 11) is -4.08. The van der Waals surface area contributed by atoms with E-state index in [2.05, 4.69) is 10.0 Å². The smallest absolute Gasteiger partial charge is 0.262 e. The molecule has 2 unspecified atom stereocenters. The molecule has 2 aromatic carbocycles. The predicted octanol–water partition coefficient (Wildman–Crippen LogP) is 4.53. The summed E-state index contributed by atoms with van der Waals surface area (Å²) in [6, 6.07) is 11.5. The van der Waals surface area contributed by atoms with Gasteiger partial charge >= 0.3 is 0 Å². The Balaban J connectivity index is 1.24. The topological polar surface area (TPSA) is 116 Å². The molecule has 0 bridgehead atoms. The Hall–Kier alpha value is -2.70. The van der Waals surface area contributed by atoms with Crippen LogP contribution in [0, 0.1) is 5.41 Å². The number of thiophene rings is 1. The van der Waals surface area contributed by atoms with Gasteiger partial charge in [-0.25, -0.2) is 8.42 Å². The lowest BCUT2D eigenvalue weighted by molar-refractivity contribution is -0.207. The maximum atomic E-state index is 13.8. The van der Waals surface area contributed by atoms with E-state index in [9.17, 15) is 22.8 Å². The molecule has 42 heavy (non-hydrogen) atoms. The molecule has 2 fully saturated rings. The summed E-state index contributed by atoms with van der Waals surface area (Å²) in [5.41, 5.74) is -1.18. The van der Waals surface area contributed by atoms with Crippen molar-refractivity contribution < 1.29 is 22.8 Å². The van der Waals surface area contributed by atoms with Crippen LogP contribution < -0.4 is 10.0 Å². The van der Waals surface area contributed by atoms with Gasteiger partial charge in [0, 0.05) is 22.8 Å². The van der Waals surface area contributed by atoms with Crippen molar-refractivity contribution in [2.24, 2.45) is 5.41 Å². The van der Waals surface area contributed by atoms with Crippen LogP contribution in [-0.2, 0) is 19.6 Å². The number of rotatable bonds is 7. The average Bonchev–Trinajstić information content (AvgIpc) is 3.33. The molecule has 2 saturated heterocycles. The second-order valence-corrected chi connectivity index (χ2v) is 15.7. The molecule has 4 atom stereocenters. The monoisotopic (exact) mass is 650 g/mol. The van der Waals surface area contributed by atoms with E-state index in [1.54, 1.807) is 9.80 Å². The predicted molar refractivity (Wildman–Crippen MR) is 164 cm³/mol. The van der Waals surface area contributed by atoms with Gasteiger partial charge in [-0.2, -0.15) is 4.72 Å². The first-order valence-electron chi connectivity index (χ1n) is 13.4. The Labute approximate surface area is 259 Å². The fourth-order valence-electron chi connectivity index (χ4n) is 5.58. The number of nitrogens with one attached hydrogen (secondary N) is 2. The number of amides is 3. The lowest BCUT2D eigenvalue weighted by atomic mass is 9.70. The summed E-state index contributed by atoms with van der Waals surface area (Å²) < 4.78 is 29.2. The van der Waals surface area contributed by atoms with Crippen molar-refractivity contribution in [3.63, 3.8) is 0 Å². The lowest BCUT2D eigenvalue weighted by Crippen LogP contribution is -2.89. The summed E-state index contributed by atoms with van der Waals surface area (Å²) in [6.45, 7) is 9.61. The molecule has 13 heteroatoms. The summed E-state index contributed by atoms with van der Waals surface area (Å²) >= 11 is 13.3. The van der Waals surface area contributed by atoms with Crippen LogP contribution in [-0.4, -0.2) is 72.7 Å². The van der Waals surface area contributed by atoms with Crippen LogP contribution in [0.15, 0.2) is 53.4 Å². The molecule has 9 nitrogen and oxygen atoms in total. The fourth-order valence-corrected chi connectivity index (χ4v) is 8.51. The van der Waals surface area contributed by atoms with Crippen molar-refractivity contribution in [3.05, 3.63) is 63.5 Å². The Morgan fingerprint density at radius 1 is 1.07 bits per heavy atom. The van der Waals surface area contributed by atoms with E-state index in [1.165, 1.54) is 36.5 Å². The zero-order chi connectivity index (χ0) is 30.8. The molecule has 3 aromatic rings. The van der Waals surface area contributed by atoms with Crippen molar-refractivity contribution in [3.8, 4) is 0 Å². The largest absolute Gasteiger partial charge is 0.339 e. The van der Waals surface area contributed by atoms with Crippen molar-refractivity contribution in [2.45, 2.75) is 63.2 Å². The average molecular weight is 652 g/mol. The Bertz CT molecular complexity index is 1670. The molecule has 3 heterocycles. The maximum absolute atomic E-state index is 13.8. The summed E-state index contributed by atoms with van der Waals surface area (Å²) in [4.78, 5) is 43.9. The number of fused-ring (bicyclic) bond motifs is 2. The van der Waals surface area contributed by atoms with Crippen LogP contribution in [0.1, 0.15) is 44.3 Å². The zero-order valence-corrected chi connectivity index (χ0v) is 26.9. The first-order chi connectivity index (χ1) is 19.5. The highest BCUT2D eigenvalue weighted by atomic mass is 35.5. The molecule has 1 aromatic heterocycles. The Kier molecular flexibility index (Phi) is 7.89. The molecule has 2 aliphatic rings. The van der Waals surface area contributed by atoms with Crippen molar-refractivity contribution >= 4 is 72.4 Å². The molecule has 2 N–H and O–H groups in total. The van der Waals surface area contributed by atoms with Crippen LogP contribution in [0.25, 0.3) is 10.1 Å². The molecule has 0 saturated carbocycles. The van der Waals surface area contributed by atoms with E-state index >= 15 is 0 Å². The minimum Gasteiger partial charge on any atom is -0.339 e. The summed E-state index contributed by atoms with van der Waals surface area (Å²) in [6.07, 6.45) is 0. The van der Waals surface area contributed by atoms with Crippen LogP contribution in [0.3, 0.4) is 0 Å². The third-order valence-corrected chi connectivity index (χ3v) is 11.4. The molecule has 0 aliphatic carbocycles. The highest BCUT2D eigenvalue weighted by Crippen LogP contribution is 2.45. The number of hydrogen-bond donors (Lipinski definition) is 2. The molecule has 5 rings (SSSR count). The number of benzene rings is 2. The van der Waals surface area contributed by atoms with E-state index in [4.69, 9.17) is 23.2 Å². The van der Waals surface area contributed by atoms with Crippen molar-refractivity contribution in [1.29, 1.82) is 0 Å². The Morgan fingerprint density at radius 3 is 2.36 bits per heavy atom. The number of halogens is 2. The summed E-state index contributed by atoms with van der Waals surface area (Å²) in [5.74, 6) is -0.920. The minimum absolute atomic E-state index is 0.0489. The number of carbonyl (C=O) groups is 3. The number of nitrogens with zero attached hydrogens (tertiary/aromatic N) is 2. The molecular weight excluding hydrogens is 619 g/mol. The minimum atomic E-state index is -4.08. The van der Waals surface area contributed by atoms with Gasteiger partial charge in [-0.05, 0) is 55.0 Å². The standard InChI is InChI=1S/C29H32Cl2N4O5S2/c1-16(33-42(39,40)22-11-10-18(30)13-19(22)31)26(37)34-15-29(5)23(34)14-35(29)27(38)24(28(2,3)4)32-25(36)21-12-17-8-6-7-9-20(17)41-21/h6-13,16,23-24,33H,14-15H2,1-5H3,(H,32,36)/t16-,23+,24?,29?/m0/s1. The fraction of sp³-hybridized carbons (Fsp3) is 0.414. The van der Waals surface area contributed by atoms with Crippen LogP contribution >= 0.6 is 34.5 Å². The van der Waals surface area contributed by atoms with Crippen LogP contribution in [0.5, 0.6) is 0 Å². The van der Waals surface area contributed by atoms with E-state index in [-0.39, 0.29) is 40.9 Å². The second kappa shape index (κ2) is 10.8. The third kappa shape index (κ3) is 5.41. The molecule has 3 amide bonds. The van der Waals surface area contributed by atoms with E-state index in [1.807, 2.05) is 58.0 Å². The molecular formula is C29H32Cl2N4O5S2. The van der Waals surface area contributed by atoms with E-state index in [0.717, 1.165) is 10.1 Å². The van der Waals surface area contributed by atoms with Gasteiger partial charge in [-0.1, -0.05) is 62.2 Å². The highest BCUT2D eigenvalue weighted by Gasteiger charge is 2.65. The molecule has 0 spiro atoms. The highest BCUT2D eigenvalue weighted by molar-refractivity contribution is 7.89. The maximum Gasteiger partial charge on any atom is 0.262 e. The third-order valence-electron chi connectivity index (χ3n) is 8.03. The zero-order valence-electron chi connectivity index (χ0n) is 23.8. The number of piperazine rings is 1. The lowest BCUT2D eigenvalue weighted by Gasteiger charge is -2.70. The Morgan fingerprint density at radius 2 is 1.76 bits per heavy atom. The number of hydrogen-bond acceptors (Lipinski definition) is 6. The normalized spacial score (nSPS) is 21.6. The van der Waals surface area contributed by atoms with Gasteiger partial charge in [0.05, 0.1) is 27.5 Å². The number of sulfonamides is 1. The SMILES string of the molecule is C[C@H](NS(=O)(=O)c1ccc(Cl)cc1Cl)C(=O)N1CC2(C)[C@H]1CN2C(=O)C(NC(=O)c1cc2ccccc2s1)C(C)(C)C. The van der Waals surface area contributed by atoms with Gasteiger partial charge in [0.25, 0.3) is 5.91 Å². The first kappa shape index (κ1) is 30.7. The van der Waals surface area contributed by atoms with Crippen molar-refractivity contribution in [1.82, 2.24) is 19.8 Å². The van der Waals surface area contributed by atoms with Gasteiger partial charge in [-0.15, -0.1) is 11.3 Å². The number of likely N-dealkylation sites (tertiary alicyclic amines) is 2. The molecule has 2 aliphatic heterocycles. The van der Waals surface area contributed by atoms with Gasteiger partial charge in [0.2, 0.25) is 21.8 Å². The van der Waals surface area contributed by atoms with Crippen molar-refractivity contribution in [2.75, 3.05) is 13.1 Å².